The van der Waals surface area contributed by atoms with Crippen LogP contribution in [0.5, 0.6) is 0 Å². The number of aromatic carboxylic acids is 1. The quantitative estimate of drug-likeness (QED) is 0.324. The van der Waals surface area contributed by atoms with Gasteiger partial charge in [-0.15, -0.1) is 10.2 Å². The lowest BCUT2D eigenvalue weighted by Gasteiger charge is -2.19. The van der Waals surface area contributed by atoms with Gasteiger partial charge < -0.3 is 14.7 Å². The number of esters is 1. The van der Waals surface area contributed by atoms with Gasteiger partial charge in [0, 0.05) is 26.2 Å². The number of benzene rings is 2. The number of ether oxygens (including phenoxy) is 1. The first-order chi connectivity index (χ1) is 13.9. The van der Waals surface area contributed by atoms with Crippen LogP contribution in [0.25, 0.3) is 10.2 Å². The molecule has 29 heavy (non-hydrogen) atoms. The molecule has 0 radical (unpaired) electrons. The number of anilines is 1. The highest BCUT2D eigenvalue weighted by atomic mass is 32.1. The minimum absolute atomic E-state index is 0.220. The van der Waals surface area contributed by atoms with Crippen LogP contribution in [0.1, 0.15) is 23.7 Å². The average Bonchev–Trinajstić information content (AvgIpc) is 3.11. The number of nitrogens with zero attached hydrogens (tertiary/aromatic N) is 4. The van der Waals surface area contributed by atoms with Gasteiger partial charge in [-0.25, -0.2) is 9.78 Å². The molecule has 1 heterocycles. The molecule has 150 valence electrons. The Bertz CT molecular complexity index is 1050. The third-order valence-electron chi connectivity index (χ3n) is 4.11. The van der Waals surface area contributed by atoms with Gasteiger partial charge in [0.05, 0.1) is 28.1 Å². The van der Waals surface area contributed by atoms with Crippen LogP contribution in [0.15, 0.2) is 52.7 Å². The van der Waals surface area contributed by atoms with Gasteiger partial charge in [0.2, 0.25) is 5.13 Å². The minimum Gasteiger partial charge on any atom is -0.478 e. The van der Waals surface area contributed by atoms with Crippen molar-refractivity contribution in [3.05, 3.63) is 48.0 Å². The molecule has 8 nitrogen and oxygen atoms in total. The lowest BCUT2D eigenvalue weighted by atomic mass is 10.2. The minimum atomic E-state index is -0.972. The fourth-order valence-electron chi connectivity index (χ4n) is 2.61. The largest absolute Gasteiger partial charge is 0.478 e. The number of carbonyl (C=O) groups is 2. The molecule has 0 spiro atoms. The molecule has 0 aliphatic rings. The zero-order valence-corrected chi connectivity index (χ0v) is 16.8. The standard InChI is InChI=1S/C20H20N4O4S/c1-13(25)28-11-3-10-24(2)16-7-5-15(6-8-16)22-23-20-21-17-9-4-14(19(26)27)12-18(17)29-20/h4-9,12H,3,10-11H2,1-2H3,(H,26,27)/b23-22+. The molecule has 0 fully saturated rings. The number of carboxylic acids is 1. The Kier molecular flexibility index (Phi) is 6.50. The molecule has 3 aromatic rings. The van der Waals surface area contributed by atoms with Crippen molar-refractivity contribution in [1.82, 2.24) is 4.98 Å². The summed E-state index contributed by atoms with van der Waals surface area (Å²) >= 11 is 1.29. The molecule has 3 rings (SSSR count). The highest BCUT2D eigenvalue weighted by Crippen LogP contribution is 2.30. The van der Waals surface area contributed by atoms with E-state index in [1.807, 2.05) is 31.3 Å². The first-order valence-corrected chi connectivity index (χ1v) is 9.74. The maximum absolute atomic E-state index is 11.1. The van der Waals surface area contributed by atoms with Gasteiger partial charge in [0.1, 0.15) is 0 Å². The summed E-state index contributed by atoms with van der Waals surface area (Å²) in [6.07, 6.45) is 0.749. The van der Waals surface area contributed by atoms with Crippen molar-refractivity contribution in [1.29, 1.82) is 0 Å². The van der Waals surface area contributed by atoms with Gasteiger partial charge in [0.15, 0.2) is 0 Å². The lowest BCUT2D eigenvalue weighted by molar-refractivity contribution is -0.140. The van der Waals surface area contributed by atoms with Crippen LogP contribution in [0.3, 0.4) is 0 Å². The van der Waals surface area contributed by atoms with Gasteiger partial charge in [-0.3, -0.25) is 4.79 Å². The van der Waals surface area contributed by atoms with Crippen molar-refractivity contribution in [2.24, 2.45) is 10.2 Å². The number of azo groups is 1. The zero-order valence-electron chi connectivity index (χ0n) is 16.0. The Morgan fingerprint density at radius 2 is 1.93 bits per heavy atom. The highest BCUT2D eigenvalue weighted by molar-refractivity contribution is 7.21. The van der Waals surface area contributed by atoms with E-state index in [4.69, 9.17) is 9.84 Å². The zero-order chi connectivity index (χ0) is 20.8. The van der Waals surface area contributed by atoms with Crippen molar-refractivity contribution < 1.29 is 19.4 Å². The predicted molar refractivity (Wildman–Crippen MR) is 112 cm³/mol. The SMILES string of the molecule is CC(=O)OCCCN(C)c1ccc(/N=N/c2nc3ccc(C(=O)O)cc3s2)cc1. The second-order valence-corrected chi connectivity index (χ2v) is 7.32. The molecule has 1 N–H and O–H groups in total. The number of hydrogen-bond donors (Lipinski definition) is 1. The number of hydrogen-bond acceptors (Lipinski definition) is 8. The normalized spacial score (nSPS) is 11.1. The van der Waals surface area contributed by atoms with E-state index in [2.05, 4.69) is 20.1 Å². The summed E-state index contributed by atoms with van der Waals surface area (Å²) in [4.78, 5) is 28.2. The Labute approximate surface area is 171 Å². The molecular formula is C20H20N4O4S. The molecule has 0 saturated heterocycles. The van der Waals surface area contributed by atoms with E-state index >= 15 is 0 Å². The Morgan fingerprint density at radius 1 is 1.17 bits per heavy atom. The van der Waals surface area contributed by atoms with Crippen LogP contribution in [0, 0.1) is 0 Å². The van der Waals surface area contributed by atoms with Crippen molar-refractivity contribution in [2.75, 3.05) is 25.1 Å². The summed E-state index contributed by atoms with van der Waals surface area (Å²) in [6, 6.07) is 12.4. The van der Waals surface area contributed by atoms with Crippen molar-refractivity contribution in [2.45, 2.75) is 13.3 Å². The summed E-state index contributed by atoms with van der Waals surface area (Å²) in [5, 5.41) is 17.9. The van der Waals surface area contributed by atoms with Crippen molar-refractivity contribution >= 4 is 50.0 Å². The molecule has 0 bridgehead atoms. The van der Waals surface area contributed by atoms with Gasteiger partial charge in [-0.05, 0) is 48.9 Å². The van der Waals surface area contributed by atoms with Crippen LogP contribution in [0.2, 0.25) is 0 Å². The van der Waals surface area contributed by atoms with E-state index in [0.29, 0.717) is 22.9 Å². The first-order valence-electron chi connectivity index (χ1n) is 8.92. The van der Waals surface area contributed by atoms with Crippen LogP contribution < -0.4 is 4.90 Å². The third kappa shape index (κ3) is 5.58. The van der Waals surface area contributed by atoms with Gasteiger partial charge in [0.25, 0.3) is 0 Å². The Hall–Kier alpha value is -3.33. The maximum atomic E-state index is 11.1. The van der Waals surface area contributed by atoms with E-state index in [1.54, 1.807) is 12.1 Å². The molecule has 0 atom stereocenters. The Balaban J connectivity index is 1.61. The fourth-order valence-corrected chi connectivity index (χ4v) is 3.44. The van der Waals surface area contributed by atoms with Crippen LogP contribution >= 0.6 is 11.3 Å². The number of aromatic nitrogens is 1. The van der Waals surface area contributed by atoms with E-state index < -0.39 is 5.97 Å². The lowest BCUT2D eigenvalue weighted by Crippen LogP contribution is -2.20. The fraction of sp³-hybridized carbons (Fsp3) is 0.250. The molecule has 0 aliphatic heterocycles. The summed E-state index contributed by atoms with van der Waals surface area (Å²) in [5.41, 5.74) is 2.62. The number of rotatable bonds is 8. The Morgan fingerprint density at radius 3 is 2.62 bits per heavy atom. The summed E-state index contributed by atoms with van der Waals surface area (Å²) < 4.78 is 5.69. The number of thiazole rings is 1. The molecular weight excluding hydrogens is 392 g/mol. The molecule has 0 amide bonds. The molecule has 0 unspecified atom stereocenters. The second kappa shape index (κ2) is 9.24. The van der Waals surface area contributed by atoms with Crippen molar-refractivity contribution in [3.63, 3.8) is 0 Å². The van der Waals surface area contributed by atoms with Crippen LogP contribution in [-0.2, 0) is 9.53 Å². The van der Waals surface area contributed by atoms with Crippen molar-refractivity contribution in [3.8, 4) is 0 Å². The van der Waals surface area contributed by atoms with E-state index in [9.17, 15) is 9.59 Å². The third-order valence-corrected chi connectivity index (χ3v) is 5.01. The van der Waals surface area contributed by atoms with Gasteiger partial charge >= 0.3 is 11.9 Å². The summed E-state index contributed by atoms with van der Waals surface area (Å²) in [6.45, 7) is 2.57. The first kappa shape index (κ1) is 20.4. The molecule has 0 aliphatic carbocycles. The number of fused-ring (bicyclic) bond motifs is 1. The molecule has 0 saturated carbocycles. The number of carbonyl (C=O) groups excluding carboxylic acids is 1. The van der Waals surface area contributed by atoms with E-state index in [0.717, 1.165) is 23.4 Å². The predicted octanol–water partition coefficient (Wildman–Crippen LogP) is 4.80. The van der Waals surface area contributed by atoms with Crippen LogP contribution in [-0.4, -0.2) is 42.2 Å². The topological polar surface area (TPSA) is 104 Å². The smallest absolute Gasteiger partial charge is 0.335 e. The maximum Gasteiger partial charge on any atom is 0.335 e. The molecule has 1 aromatic heterocycles. The second-order valence-electron chi connectivity index (χ2n) is 6.32. The molecule has 2 aromatic carbocycles. The molecule has 9 heteroatoms. The van der Waals surface area contributed by atoms with Crippen LogP contribution in [0.4, 0.5) is 16.5 Å². The summed E-state index contributed by atoms with van der Waals surface area (Å²) in [5.74, 6) is -1.24. The monoisotopic (exact) mass is 412 g/mol. The van der Waals surface area contributed by atoms with Gasteiger partial charge in [-0.1, -0.05) is 11.3 Å². The van der Waals surface area contributed by atoms with Gasteiger partial charge in [-0.2, -0.15) is 0 Å². The highest BCUT2D eigenvalue weighted by Gasteiger charge is 2.08. The average molecular weight is 412 g/mol. The number of carboxylic acid groups (broad SMARTS) is 1. The summed E-state index contributed by atoms with van der Waals surface area (Å²) in [7, 11) is 1.97. The van der Waals surface area contributed by atoms with E-state index in [-0.39, 0.29) is 11.5 Å². The van der Waals surface area contributed by atoms with E-state index in [1.165, 1.54) is 24.3 Å².